The van der Waals surface area contributed by atoms with E-state index in [1.54, 1.807) is 24.3 Å². The van der Waals surface area contributed by atoms with Gasteiger partial charge in [-0.1, -0.05) is 83.3 Å². The highest BCUT2D eigenvalue weighted by molar-refractivity contribution is 6.03. The molecule has 0 bridgehead atoms. The number of hydrogen-bond donors (Lipinski definition) is 1. The molecular weight excluding hydrogens is 380 g/mol. The molecule has 0 saturated heterocycles. The van der Waals surface area contributed by atoms with Crippen molar-refractivity contribution in [3.8, 4) is 0 Å². The summed E-state index contributed by atoms with van der Waals surface area (Å²) < 4.78 is 10.5. The smallest absolute Gasteiger partial charge is 0.339 e. The van der Waals surface area contributed by atoms with Crippen molar-refractivity contribution in [3.63, 3.8) is 0 Å². The molecule has 5 heteroatoms. The van der Waals surface area contributed by atoms with Crippen molar-refractivity contribution in [1.29, 1.82) is 0 Å². The number of hydrogen-bond acceptors (Lipinski definition) is 5. The van der Waals surface area contributed by atoms with Crippen LogP contribution in [0.25, 0.3) is 0 Å². The minimum Gasteiger partial charge on any atom is -0.462 e. The summed E-state index contributed by atoms with van der Waals surface area (Å²) in [6, 6.07) is 6.58. The molecule has 0 spiro atoms. The van der Waals surface area contributed by atoms with E-state index in [1.807, 2.05) is 0 Å². The fourth-order valence-electron chi connectivity index (χ4n) is 3.30. The molecule has 0 amide bonds. The Hall–Kier alpha value is -1.88. The van der Waals surface area contributed by atoms with Crippen LogP contribution in [0.4, 0.5) is 0 Å². The Morgan fingerprint density at radius 2 is 1.07 bits per heavy atom. The van der Waals surface area contributed by atoms with Gasteiger partial charge in [-0.05, 0) is 31.4 Å². The van der Waals surface area contributed by atoms with Crippen LogP contribution in [0, 0.1) is 0 Å². The van der Waals surface area contributed by atoms with Crippen LogP contribution in [-0.4, -0.2) is 36.9 Å². The molecule has 170 valence electrons. The first-order chi connectivity index (χ1) is 14.7. The molecular formula is C25H40O5. The van der Waals surface area contributed by atoms with Crippen molar-refractivity contribution in [2.45, 2.75) is 90.4 Å². The standard InChI is InChI=1S/C25H40O5/c1-2-3-4-5-6-7-8-9-10-11-15-20-29-24(27)22-17-12-13-18-23(22)25(28)30-21-16-14-19-26/h12-13,17-18,26H,2-11,14-16,19-21H2,1H3. The van der Waals surface area contributed by atoms with Gasteiger partial charge in [-0.3, -0.25) is 0 Å². The number of benzene rings is 1. The molecule has 1 aromatic carbocycles. The molecule has 0 unspecified atom stereocenters. The van der Waals surface area contributed by atoms with E-state index in [0.717, 1.165) is 12.8 Å². The first-order valence-electron chi connectivity index (χ1n) is 11.7. The number of esters is 2. The number of carbonyl (C=O) groups excluding carboxylic acids is 2. The fraction of sp³-hybridized carbons (Fsp3) is 0.680. The van der Waals surface area contributed by atoms with Crippen LogP contribution in [0.3, 0.4) is 0 Å². The predicted molar refractivity (Wildman–Crippen MR) is 120 cm³/mol. The monoisotopic (exact) mass is 420 g/mol. The summed E-state index contributed by atoms with van der Waals surface area (Å²) in [5, 5.41) is 8.77. The number of aliphatic hydroxyl groups is 1. The van der Waals surface area contributed by atoms with E-state index in [2.05, 4.69) is 6.92 Å². The Kier molecular flexibility index (Phi) is 15.6. The van der Waals surface area contributed by atoms with Crippen LogP contribution in [0.5, 0.6) is 0 Å². The molecule has 0 aliphatic rings. The lowest BCUT2D eigenvalue weighted by atomic mass is 10.1. The molecule has 0 heterocycles. The minimum atomic E-state index is -0.532. The van der Waals surface area contributed by atoms with Gasteiger partial charge in [-0.25, -0.2) is 9.59 Å². The Morgan fingerprint density at radius 3 is 1.50 bits per heavy atom. The highest BCUT2D eigenvalue weighted by Gasteiger charge is 2.18. The van der Waals surface area contributed by atoms with Crippen molar-refractivity contribution in [2.75, 3.05) is 19.8 Å². The number of unbranched alkanes of at least 4 members (excludes halogenated alkanes) is 11. The van der Waals surface area contributed by atoms with Gasteiger partial charge >= 0.3 is 11.9 Å². The first kappa shape index (κ1) is 26.2. The third-order valence-electron chi connectivity index (χ3n) is 5.13. The van der Waals surface area contributed by atoms with Gasteiger partial charge in [-0.15, -0.1) is 0 Å². The van der Waals surface area contributed by atoms with Gasteiger partial charge in [0.2, 0.25) is 0 Å². The summed E-state index contributed by atoms with van der Waals surface area (Å²) in [4.78, 5) is 24.6. The summed E-state index contributed by atoms with van der Waals surface area (Å²) in [6.45, 7) is 2.91. The molecule has 0 aliphatic heterocycles. The zero-order valence-corrected chi connectivity index (χ0v) is 18.7. The molecule has 0 atom stereocenters. The van der Waals surface area contributed by atoms with Crippen LogP contribution in [0.2, 0.25) is 0 Å². The average Bonchev–Trinajstić information content (AvgIpc) is 2.77. The first-order valence-corrected chi connectivity index (χ1v) is 11.7. The van der Waals surface area contributed by atoms with Crippen LogP contribution < -0.4 is 0 Å². The van der Waals surface area contributed by atoms with E-state index < -0.39 is 11.9 Å². The fourth-order valence-corrected chi connectivity index (χ4v) is 3.30. The second-order valence-corrected chi connectivity index (χ2v) is 7.78. The van der Waals surface area contributed by atoms with E-state index in [-0.39, 0.29) is 24.3 Å². The third kappa shape index (κ3) is 12.0. The van der Waals surface area contributed by atoms with Crippen molar-refractivity contribution in [2.24, 2.45) is 0 Å². The highest BCUT2D eigenvalue weighted by Crippen LogP contribution is 2.14. The summed E-state index contributed by atoms with van der Waals surface area (Å²) in [7, 11) is 0. The van der Waals surface area contributed by atoms with Crippen LogP contribution >= 0.6 is 0 Å². The summed E-state index contributed by atoms with van der Waals surface area (Å²) in [6.07, 6.45) is 14.8. The SMILES string of the molecule is CCCCCCCCCCCCCOC(=O)c1ccccc1C(=O)OCCCCO. The average molecular weight is 421 g/mol. The summed E-state index contributed by atoms with van der Waals surface area (Å²) >= 11 is 0. The topological polar surface area (TPSA) is 72.8 Å². The molecule has 1 N–H and O–H groups in total. The van der Waals surface area contributed by atoms with Crippen molar-refractivity contribution in [1.82, 2.24) is 0 Å². The molecule has 0 saturated carbocycles. The molecule has 1 aromatic rings. The van der Waals surface area contributed by atoms with Gasteiger partial charge in [0.25, 0.3) is 0 Å². The predicted octanol–water partition coefficient (Wildman–Crippen LogP) is 6.08. The maximum atomic E-state index is 12.4. The number of aliphatic hydroxyl groups excluding tert-OH is 1. The minimum absolute atomic E-state index is 0.0690. The molecule has 5 nitrogen and oxygen atoms in total. The maximum Gasteiger partial charge on any atom is 0.339 e. The lowest BCUT2D eigenvalue weighted by molar-refractivity contribution is 0.0448. The third-order valence-corrected chi connectivity index (χ3v) is 5.13. The number of ether oxygens (including phenoxy) is 2. The molecule has 0 aliphatic carbocycles. The lowest BCUT2D eigenvalue weighted by Crippen LogP contribution is -2.15. The Labute approximate surface area is 182 Å². The maximum absolute atomic E-state index is 12.4. The normalized spacial score (nSPS) is 10.7. The molecule has 1 rings (SSSR count). The van der Waals surface area contributed by atoms with Crippen LogP contribution in [-0.2, 0) is 9.47 Å². The van der Waals surface area contributed by atoms with E-state index >= 15 is 0 Å². The molecule has 0 radical (unpaired) electrons. The molecule has 30 heavy (non-hydrogen) atoms. The summed E-state index contributed by atoms with van der Waals surface area (Å²) in [5.74, 6) is -1.01. The van der Waals surface area contributed by atoms with Gasteiger partial charge in [0.1, 0.15) is 0 Å². The van der Waals surface area contributed by atoms with Gasteiger partial charge in [-0.2, -0.15) is 0 Å². The van der Waals surface area contributed by atoms with Crippen LogP contribution in [0.1, 0.15) is 111 Å². The zero-order valence-electron chi connectivity index (χ0n) is 18.7. The van der Waals surface area contributed by atoms with Crippen molar-refractivity contribution in [3.05, 3.63) is 35.4 Å². The van der Waals surface area contributed by atoms with E-state index in [0.29, 0.717) is 19.4 Å². The number of carbonyl (C=O) groups is 2. The van der Waals surface area contributed by atoms with Gasteiger partial charge in [0.15, 0.2) is 0 Å². The quantitative estimate of drug-likeness (QED) is 0.230. The highest BCUT2D eigenvalue weighted by atomic mass is 16.5. The van der Waals surface area contributed by atoms with Crippen molar-refractivity contribution < 1.29 is 24.2 Å². The molecule has 0 fully saturated rings. The van der Waals surface area contributed by atoms with E-state index in [9.17, 15) is 9.59 Å². The van der Waals surface area contributed by atoms with E-state index in [4.69, 9.17) is 14.6 Å². The Bertz CT molecular complexity index is 585. The zero-order chi connectivity index (χ0) is 21.9. The second kappa shape index (κ2) is 17.9. The van der Waals surface area contributed by atoms with Crippen LogP contribution in [0.15, 0.2) is 24.3 Å². The second-order valence-electron chi connectivity index (χ2n) is 7.78. The van der Waals surface area contributed by atoms with E-state index in [1.165, 1.54) is 57.8 Å². The molecule has 0 aromatic heterocycles. The van der Waals surface area contributed by atoms with Crippen molar-refractivity contribution >= 4 is 11.9 Å². The van der Waals surface area contributed by atoms with Gasteiger partial charge < -0.3 is 14.6 Å². The lowest BCUT2D eigenvalue weighted by Gasteiger charge is -2.10. The largest absolute Gasteiger partial charge is 0.462 e. The Balaban J connectivity index is 2.19. The Morgan fingerprint density at radius 1 is 0.667 bits per heavy atom. The summed E-state index contributed by atoms with van der Waals surface area (Å²) in [5.41, 5.74) is 0.471. The van der Waals surface area contributed by atoms with Gasteiger partial charge in [0.05, 0.1) is 24.3 Å². The van der Waals surface area contributed by atoms with Gasteiger partial charge in [0, 0.05) is 6.61 Å². The number of rotatable bonds is 18.